The van der Waals surface area contributed by atoms with Gasteiger partial charge in [0.15, 0.2) is 0 Å². The maximum Gasteiger partial charge on any atom is 0.234 e. The van der Waals surface area contributed by atoms with Gasteiger partial charge < -0.3 is 10.6 Å². The minimum absolute atomic E-state index is 0.00869. The van der Waals surface area contributed by atoms with Crippen LogP contribution in [-0.4, -0.2) is 50.6 Å². The summed E-state index contributed by atoms with van der Waals surface area (Å²) in [5, 5.41) is 6.01. The summed E-state index contributed by atoms with van der Waals surface area (Å²) < 4.78 is 0. The Labute approximate surface area is 97.8 Å². The maximum absolute atomic E-state index is 11.4. The number of rotatable bonds is 5. The Bertz CT molecular complexity index is 253. The average molecular weight is 223 g/mol. The molecule has 0 aromatic rings. The summed E-state index contributed by atoms with van der Waals surface area (Å²) in [4.78, 5) is 13.5. The predicted octanol–water partition coefficient (Wildman–Crippen LogP) is -0.333. The number of nitrogens with one attached hydrogen (secondary N) is 2. The van der Waals surface area contributed by atoms with E-state index >= 15 is 0 Å². The van der Waals surface area contributed by atoms with Gasteiger partial charge in [0.05, 0.1) is 13.1 Å². The number of piperidine rings is 1. The third-order valence-electron chi connectivity index (χ3n) is 2.83. The Morgan fingerprint density at radius 3 is 2.88 bits per heavy atom. The average Bonchev–Trinajstić information content (AvgIpc) is 2.27. The van der Waals surface area contributed by atoms with Crippen LogP contribution in [-0.2, 0) is 4.79 Å². The number of carbonyl (C=O) groups is 1. The lowest BCUT2D eigenvalue weighted by molar-refractivity contribution is -0.121. The van der Waals surface area contributed by atoms with Crippen LogP contribution in [0.25, 0.3) is 0 Å². The van der Waals surface area contributed by atoms with E-state index in [2.05, 4.69) is 21.5 Å². The van der Waals surface area contributed by atoms with Crippen LogP contribution in [0.1, 0.15) is 12.8 Å². The summed E-state index contributed by atoms with van der Waals surface area (Å²) in [6, 6.07) is 0. The van der Waals surface area contributed by atoms with Crippen LogP contribution in [0.2, 0.25) is 0 Å². The number of hydrogen-bond acceptors (Lipinski definition) is 3. The molecule has 2 N–H and O–H groups in total. The number of terminal acetylenes is 1. The first-order valence-electron chi connectivity index (χ1n) is 5.81. The Balaban J connectivity index is 2.16. The molecule has 1 aliphatic rings. The van der Waals surface area contributed by atoms with Gasteiger partial charge in [-0.05, 0) is 38.9 Å². The fourth-order valence-corrected chi connectivity index (χ4v) is 2.02. The molecule has 4 nitrogen and oxygen atoms in total. The van der Waals surface area contributed by atoms with Crippen molar-refractivity contribution in [3.05, 3.63) is 0 Å². The summed E-state index contributed by atoms with van der Waals surface area (Å²) in [5.74, 6) is 3.12. The molecule has 0 unspecified atom stereocenters. The zero-order valence-corrected chi connectivity index (χ0v) is 9.96. The molecule has 0 aliphatic carbocycles. The topological polar surface area (TPSA) is 44.4 Å². The smallest absolute Gasteiger partial charge is 0.234 e. The fraction of sp³-hybridized carbons (Fsp3) is 0.750. The lowest BCUT2D eigenvalue weighted by Gasteiger charge is -2.27. The quantitative estimate of drug-likeness (QED) is 0.627. The van der Waals surface area contributed by atoms with Crippen molar-refractivity contribution in [3.8, 4) is 12.3 Å². The zero-order chi connectivity index (χ0) is 11.8. The number of hydrogen-bond donors (Lipinski definition) is 2. The summed E-state index contributed by atoms with van der Waals surface area (Å²) in [6.07, 6.45) is 7.48. The lowest BCUT2D eigenvalue weighted by atomic mass is 9.98. The normalized spacial score (nSPS) is 17.1. The highest BCUT2D eigenvalue weighted by Crippen LogP contribution is 2.12. The first-order chi connectivity index (χ1) is 7.72. The summed E-state index contributed by atoms with van der Waals surface area (Å²) in [7, 11) is 1.98. The van der Waals surface area contributed by atoms with E-state index in [1.807, 2.05) is 7.05 Å². The molecular weight excluding hydrogens is 202 g/mol. The molecule has 1 saturated heterocycles. The minimum atomic E-state index is 0.00869. The second-order valence-electron chi connectivity index (χ2n) is 4.37. The van der Waals surface area contributed by atoms with Crippen molar-refractivity contribution >= 4 is 5.91 Å². The van der Waals surface area contributed by atoms with Crippen molar-refractivity contribution in [1.82, 2.24) is 15.5 Å². The van der Waals surface area contributed by atoms with Crippen molar-refractivity contribution < 1.29 is 4.79 Å². The van der Waals surface area contributed by atoms with E-state index in [1.54, 1.807) is 0 Å². The maximum atomic E-state index is 11.4. The second kappa shape index (κ2) is 7.26. The van der Waals surface area contributed by atoms with Crippen LogP contribution in [0.5, 0.6) is 0 Å². The molecule has 90 valence electrons. The van der Waals surface area contributed by atoms with Gasteiger partial charge in [0.1, 0.15) is 0 Å². The highest BCUT2D eigenvalue weighted by molar-refractivity contribution is 5.78. The van der Waals surface area contributed by atoms with Gasteiger partial charge in [0.2, 0.25) is 5.91 Å². The summed E-state index contributed by atoms with van der Waals surface area (Å²) >= 11 is 0. The van der Waals surface area contributed by atoms with Crippen molar-refractivity contribution in [3.63, 3.8) is 0 Å². The molecule has 0 spiro atoms. The van der Waals surface area contributed by atoms with E-state index in [0.29, 0.717) is 19.0 Å². The van der Waals surface area contributed by atoms with Crippen LogP contribution < -0.4 is 10.6 Å². The molecule has 0 aromatic carbocycles. The van der Waals surface area contributed by atoms with E-state index in [-0.39, 0.29) is 5.91 Å². The number of carbonyl (C=O) groups excluding carboxylic acids is 1. The van der Waals surface area contributed by atoms with Crippen molar-refractivity contribution in [2.24, 2.45) is 5.92 Å². The standard InChI is InChI=1S/C12H21N3O/c1-3-6-14-12(16)10-15(2)9-11-4-7-13-8-5-11/h1,11,13H,4-10H2,2H3,(H,14,16). The Hall–Kier alpha value is -1.05. The van der Waals surface area contributed by atoms with E-state index in [9.17, 15) is 4.79 Å². The molecule has 1 aliphatic heterocycles. The SMILES string of the molecule is C#CCNC(=O)CN(C)CC1CCNCC1. The van der Waals surface area contributed by atoms with Gasteiger partial charge in [0, 0.05) is 6.54 Å². The van der Waals surface area contributed by atoms with Gasteiger partial charge in [-0.1, -0.05) is 5.92 Å². The molecule has 16 heavy (non-hydrogen) atoms. The molecule has 1 rings (SSSR count). The van der Waals surface area contributed by atoms with Crippen LogP contribution in [0.15, 0.2) is 0 Å². The van der Waals surface area contributed by atoms with Gasteiger partial charge in [-0.25, -0.2) is 0 Å². The van der Waals surface area contributed by atoms with E-state index in [4.69, 9.17) is 6.42 Å². The predicted molar refractivity (Wildman–Crippen MR) is 64.9 cm³/mol. The molecule has 1 heterocycles. The van der Waals surface area contributed by atoms with Gasteiger partial charge in [0.25, 0.3) is 0 Å². The molecular formula is C12H21N3O. The minimum Gasteiger partial charge on any atom is -0.344 e. The van der Waals surface area contributed by atoms with Gasteiger partial charge in [-0.3, -0.25) is 9.69 Å². The monoisotopic (exact) mass is 223 g/mol. The first kappa shape index (κ1) is 13.0. The number of nitrogens with zero attached hydrogens (tertiary/aromatic N) is 1. The van der Waals surface area contributed by atoms with E-state index < -0.39 is 0 Å². The highest BCUT2D eigenvalue weighted by Gasteiger charge is 2.16. The van der Waals surface area contributed by atoms with E-state index in [1.165, 1.54) is 12.8 Å². The molecule has 0 radical (unpaired) electrons. The number of amides is 1. The summed E-state index contributed by atoms with van der Waals surface area (Å²) in [5.41, 5.74) is 0. The zero-order valence-electron chi connectivity index (χ0n) is 9.96. The Morgan fingerprint density at radius 1 is 1.56 bits per heavy atom. The molecule has 1 amide bonds. The van der Waals surface area contributed by atoms with Crippen LogP contribution in [0.3, 0.4) is 0 Å². The molecule has 0 aromatic heterocycles. The van der Waals surface area contributed by atoms with Crippen molar-refractivity contribution in [2.75, 3.05) is 39.8 Å². The first-order valence-corrected chi connectivity index (χ1v) is 5.81. The van der Waals surface area contributed by atoms with Crippen LogP contribution in [0.4, 0.5) is 0 Å². The van der Waals surface area contributed by atoms with Crippen molar-refractivity contribution in [2.45, 2.75) is 12.8 Å². The van der Waals surface area contributed by atoms with Crippen LogP contribution >= 0.6 is 0 Å². The lowest BCUT2D eigenvalue weighted by Crippen LogP contribution is -2.39. The Morgan fingerprint density at radius 2 is 2.25 bits per heavy atom. The Kier molecular flexibility index (Phi) is 5.91. The van der Waals surface area contributed by atoms with Gasteiger partial charge in [-0.2, -0.15) is 0 Å². The van der Waals surface area contributed by atoms with Gasteiger partial charge >= 0.3 is 0 Å². The summed E-state index contributed by atoms with van der Waals surface area (Å²) in [6.45, 7) is 3.94. The highest BCUT2D eigenvalue weighted by atomic mass is 16.1. The van der Waals surface area contributed by atoms with Crippen LogP contribution in [0, 0.1) is 18.3 Å². The largest absolute Gasteiger partial charge is 0.344 e. The third-order valence-corrected chi connectivity index (χ3v) is 2.83. The van der Waals surface area contributed by atoms with E-state index in [0.717, 1.165) is 19.6 Å². The fourth-order valence-electron chi connectivity index (χ4n) is 2.02. The number of likely N-dealkylation sites (N-methyl/N-ethyl adjacent to an activating group) is 1. The second-order valence-corrected chi connectivity index (χ2v) is 4.37. The molecule has 4 heteroatoms. The third kappa shape index (κ3) is 5.15. The molecule has 1 fully saturated rings. The molecule has 0 saturated carbocycles. The van der Waals surface area contributed by atoms with Crippen molar-refractivity contribution in [1.29, 1.82) is 0 Å². The molecule has 0 bridgehead atoms. The van der Waals surface area contributed by atoms with Gasteiger partial charge in [-0.15, -0.1) is 6.42 Å². The molecule has 0 atom stereocenters.